The monoisotopic (exact) mass is 312 g/mol. The largest absolute Gasteiger partial charge is 0.0748 e. The van der Waals surface area contributed by atoms with Crippen LogP contribution in [0.5, 0.6) is 0 Å². The van der Waals surface area contributed by atoms with Crippen LogP contribution in [0.2, 0.25) is 12.1 Å². The van der Waals surface area contributed by atoms with Crippen LogP contribution in [0.4, 0.5) is 0 Å². The third-order valence-corrected chi connectivity index (χ3v) is 9.11. The summed E-state index contributed by atoms with van der Waals surface area (Å²) in [7, 11) is -0.917. The number of rotatable bonds is 5. The summed E-state index contributed by atoms with van der Waals surface area (Å²) in [5.74, 6) is 0.665. The summed E-state index contributed by atoms with van der Waals surface area (Å²) in [6.45, 7) is 16.2. The molecule has 0 N–H and O–H groups in total. The summed E-state index contributed by atoms with van der Waals surface area (Å²) in [5, 5.41) is 1.68. The van der Waals surface area contributed by atoms with Gasteiger partial charge in [-0.05, 0) is 57.7 Å². The van der Waals surface area contributed by atoms with Gasteiger partial charge in [0.15, 0.2) is 0 Å². The summed E-state index contributed by atoms with van der Waals surface area (Å²) >= 11 is 0. The highest BCUT2D eigenvalue weighted by atomic mass is 28.3. The molecule has 0 aromatic heterocycles. The third kappa shape index (κ3) is 3.46. The van der Waals surface area contributed by atoms with Crippen molar-refractivity contribution in [3.8, 4) is 0 Å². The van der Waals surface area contributed by atoms with Crippen LogP contribution in [0.1, 0.15) is 52.2 Å². The Hall–Kier alpha value is -1.08. The molecule has 1 aromatic rings. The molecule has 1 aliphatic carbocycles. The highest BCUT2D eigenvalue weighted by molar-refractivity contribution is 6.73. The maximum atomic E-state index is 2.46. The Bertz CT molecular complexity index is 599. The molecule has 0 amide bonds. The molecule has 0 nitrogen and oxygen atoms in total. The van der Waals surface area contributed by atoms with Crippen LogP contribution >= 0.6 is 0 Å². The zero-order chi connectivity index (χ0) is 16.4. The normalized spacial score (nSPS) is 20.0. The maximum absolute atomic E-state index is 2.46. The van der Waals surface area contributed by atoms with E-state index in [1.807, 2.05) is 0 Å². The van der Waals surface area contributed by atoms with Crippen molar-refractivity contribution in [2.75, 3.05) is 0 Å². The zero-order valence-electron chi connectivity index (χ0n) is 15.5. The van der Waals surface area contributed by atoms with Crippen molar-refractivity contribution in [3.63, 3.8) is 0 Å². The van der Waals surface area contributed by atoms with Crippen molar-refractivity contribution < 1.29 is 0 Å². The van der Waals surface area contributed by atoms with E-state index in [2.05, 4.69) is 66.7 Å². The number of aryl methyl sites for hydroxylation is 2. The molecule has 2 rings (SSSR count). The average Bonchev–Trinajstić information content (AvgIpc) is 2.63. The summed E-state index contributed by atoms with van der Waals surface area (Å²) in [6.07, 6.45) is 1.32. The third-order valence-electron chi connectivity index (χ3n) is 5.63. The molecule has 0 spiro atoms. The maximum Gasteiger partial charge on any atom is 0.0748 e. The van der Waals surface area contributed by atoms with E-state index in [9.17, 15) is 0 Å². The van der Waals surface area contributed by atoms with E-state index in [1.165, 1.54) is 29.6 Å². The second-order valence-corrected chi connectivity index (χ2v) is 10.3. The van der Waals surface area contributed by atoms with Gasteiger partial charge in [0.2, 0.25) is 0 Å². The molecule has 0 fully saturated rings. The molecule has 0 saturated carbocycles. The van der Waals surface area contributed by atoms with Gasteiger partial charge in [0, 0.05) is 0 Å². The Morgan fingerprint density at radius 1 is 0.909 bits per heavy atom. The summed E-state index contributed by atoms with van der Waals surface area (Å²) in [5.41, 5.74) is 9.32. The van der Waals surface area contributed by atoms with Gasteiger partial charge in [-0.1, -0.05) is 72.0 Å². The van der Waals surface area contributed by atoms with Gasteiger partial charge in [0.25, 0.3) is 0 Å². The molecule has 2 unspecified atom stereocenters. The quantitative estimate of drug-likeness (QED) is 0.634. The summed E-state index contributed by atoms with van der Waals surface area (Å²) in [6, 6.07) is 10.0. The second-order valence-electron chi connectivity index (χ2n) is 7.29. The van der Waals surface area contributed by atoms with Gasteiger partial charge >= 0.3 is 0 Å². The predicted molar refractivity (Wildman–Crippen MR) is 103 cm³/mol. The van der Waals surface area contributed by atoms with Crippen LogP contribution in [0.15, 0.2) is 40.5 Å². The molecule has 2 atom stereocenters. The molecule has 0 saturated heterocycles. The summed E-state index contributed by atoms with van der Waals surface area (Å²) < 4.78 is 0. The molecule has 0 aliphatic heterocycles. The van der Waals surface area contributed by atoms with Crippen molar-refractivity contribution in [3.05, 3.63) is 51.6 Å². The van der Waals surface area contributed by atoms with Gasteiger partial charge in [0.1, 0.15) is 0 Å². The number of allylic oxidation sites excluding steroid dienone is 4. The second kappa shape index (κ2) is 7.00. The van der Waals surface area contributed by atoms with Gasteiger partial charge in [-0.2, -0.15) is 0 Å². The average molecular weight is 313 g/mol. The molecular weight excluding hydrogens is 280 g/mol. The van der Waals surface area contributed by atoms with Gasteiger partial charge < -0.3 is 0 Å². The first-order valence-electron chi connectivity index (χ1n) is 8.80. The fraction of sp³-hybridized carbons (Fsp3) is 0.524. The Labute approximate surface area is 138 Å². The predicted octanol–water partition coefficient (Wildman–Crippen LogP) is 5.45. The first kappa shape index (κ1) is 17.3. The van der Waals surface area contributed by atoms with E-state index in [4.69, 9.17) is 0 Å². The molecule has 1 aromatic carbocycles. The minimum Gasteiger partial charge on any atom is -0.0656 e. The molecule has 1 aliphatic rings. The summed E-state index contributed by atoms with van der Waals surface area (Å²) in [4.78, 5) is 0. The minimum absolute atomic E-state index is 0.665. The molecule has 0 bridgehead atoms. The van der Waals surface area contributed by atoms with Crippen molar-refractivity contribution in [1.29, 1.82) is 0 Å². The molecule has 22 heavy (non-hydrogen) atoms. The van der Waals surface area contributed by atoms with Crippen LogP contribution in [0.25, 0.3) is 0 Å². The number of hydrogen-bond donors (Lipinski definition) is 0. The standard InChI is InChI=1S/C21H32Si/c1-8-9-22(20-11-14(2)10-15(3)12-20)13-21-18(6)16(4)17(5)19(21)7/h10-12,18,22H,8-9,13H2,1-7H3. The van der Waals surface area contributed by atoms with Crippen LogP contribution in [-0.4, -0.2) is 8.80 Å². The molecule has 0 radical (unpaired) electrons. The van der Waals surface area contributed by atoms with Crippen molar-refractivity contribution in [1.82, 2.24) is 0 Å². The van der Waals surface area contributed by atoms with E-state index in [1.54, 1.807) is 27.5 Å². The van der Waals surface area contributed by atoms with E-state index >= 15 is 0 Å². The Morgan fingerprint density at radius 2 is 1.50 bits per heavy atom. The smallest absolute Gasteiger partial charge is 0.0656 e. The molecular formula is C21H32Si. The first-order chi connectivity index (χ1) is 10.3. The van der Waals surface area contributed by atoms with Gasteiger partial charge in [-0.25, -0.2) is 0 Å². The fourth-order valence-electron chi connectivity index (χ4n) is 4.02. The van der Waals surface area contributed by atoms with Crippen molar-refractivity contribution in [2.45, 2.75) is 67.0 Å². The minimum atomic E-state index is -0.917. The lowest BCUT2D eigenvalue weighted by Crippen LogP contribution is -2.31. The van der Waals surface area contributed by atoms with E-state index in [0.29, 0.717) is 5.92 Å². The van der Waals surface area contributed by atoms with Crippen LogP contribution < -0.4 is 5.19 Å². The zero-order valence-corrected chi connectivity index (χ0v) is 16.7. The van der Waals surface area contributed by atoms with Crippen molar-refractivity contribution >= 4 is 14.0 Å². The highest BCUT2D eigenvalue weighted by Gasteiger charge is 2.26. The topological polar surface area (TPSA) is 0 Å². The Morgan fingerprint density at radius 3 is 1.95 bits per heavy atom. The Kier molecular flexibility index (Phi) is 5.49. The van der Waals surface area contributed by atoms with Crippen LogP contribution in [0.3, 0.4) is 0 Å². The van der Waals surface area contributed by atoms with E-state index in [0.717, 1.165) is 0 Å². The fourth-order valence-corrected chi connectivity index (χ4v) is 7.68. The van der Waals surface area contributed by atoms with Gasteiger partial charge in [0.05, 0.1) is 8.80 Å². The van der Waals surface area contributed by atoms with Crippen LogP contribution in [-0.2, 0) is 0 Å². The van der Waals surface area contributed by atoms with Crippen molar-refractivity contribution in [2.24, 2.45) is 5.92 Å². The van der Waals surface area contributed by atoms with Gasteiger partial charge in [-0.3, -0.25) is 0 Å². The Balaban J connectivity index is 2.31. The van der Waals surface area contributed by atoms with E-state index in [-0.39, 0.29) is 0 Å². The highest BCUT2D eigenvalue weighted by Crippen LogP contribution is 2.39. The lowest BCUT2D eigenvalue weighted by atomic mass is 10.00. The first-order valence-corrected chi connectivity index (χ1v) is 11.0. The van der Waals surface area contributed by atoms with Crippen LogP contribution in [0, 0.1) is 19.8 Å². The number of benzene rings is 1. The lowest BCUT2D eigenvalue weighted by molar-refractivity contribution is 0.810. The van der Waals surface area contributed by atoms with E-state index < -0.39 is 8.80 Å². The lowest BCUT2D eigenvalue weighted by Gasteiger charge is -2.21. The number of hydrogen-bond acceptors (Lipinski definition) is 0. The molecule has 1 heteroatoms. The molecule has 120 valence electrons. The van der Waals surface area contributed by atoms with Gasteiger partial charge in [-0.15, -0.1) is 0 Å². The molecule has 0 heterocycles. The SMILES string of the molecule is CCC[SiH](CC1=C(C)C(C)=C(C)C1C)c1cc(C)cc(C)c1.